The van der Waals surface area contributed by atoms with Crippen LogP contribution in [0.4, 0.5) is 0 Å². The van der Waals surface area contributed by atoms with Crippen LogP contribution in [0.2, 0.25) is 0 Å². The molecule has 1 fully saturated rings. The van der Waals surface area contributed by atoms with Crippen LogP contribution in [-0.4, -0.2) is 33.3 Å². The number of aryl methyl sites for hydroxylation is 1. The second kappa shape index (κ2) is 8.06. The summed E-state index contributed by atoms with van der Waals surface area (Å²) in [6.45, 7) is 7.71. The van der Waals surface area contributed by atoms with Gasteiger partial charge in [-0.25, -0.2) is 4.98 Å². The van der Waals surface area contributed by atoms with Crippen molar-refractivity contribution in [2.45, 2.75) is 56.7 Å². The number of rotatable bonds is 6. The molecule has 1 aliphatic heterocycles. The van der Waals surface area contributed by atoms with Crippen molar-refractivity contribution in [1.29, 1.82) is 0 Å². The Morgan fingerprint density at radius 3 is 2.76 bits per heavy atom. The summed E-state index contributed by atoms with van der Waals surface area (Å²) >= 11 is 4.94. The van der Waals surface area contributed by atoms with Crippen molar-refractivity contribution < 1.29 is 9.53 Å². The van der Waals surface area contributed by atoms with Crippen LogP contribution in [0.3, 0.4) is 0 Å². The summed E-state index contributed by atoms with van der Waals surface area (Å²) in [4.78, 5) is 17.4. The van der Waals surface area contributed by atoms with Crippen molar-refractivity contribution in [1.82, 2.24) is 9.55 Å². The molecule has 0 N–H and O–H groups in total. The number of thioether (sulfide) groups is 1. The first-order valence-electron chi connectivity index (χ1n) is 8.57. The van der Waals surface area contributed by atoms with Gasteiger partial charge in [0, 0.05) is 22.3 Å². The molecule has 0 spiro atoms. The van der Waals surface area contributed by atoms with E-state index in [9.17, 15) is 4.79 Å². The van der Waals surface area contributed by atoms with E-state index in [4.69, 9.17) is 9.72 Å². The molecule has 0 aliphatic carbocycles. The third-order valence-electron chi connectivity index (χ3n) is 4.61. The lowest BCUT2D eigenvalue weighted by molar-refractivity contribution is 0.0944. The molecule has 1 aromatic heterocycles. The molecule has 0 saturated carbocycles. The number of nitrogens with zero attached hydrogens (tertiary/aromatic N) is 2. The Hall–Kier alpha value is -1.11. The van der Waals surface area contributed by atoms with Crippen molar-refractivity contribution >= 4 is 33.5 Å². The van der Waals surface area contributed by atoms with Gasteiger partial charge in [-0.1, -0.05) is 39.8 Å². The van der Waals surface area contributed by atoms with Gasteiger partial charge < -0.3 is 9.30 Å². The van der Waals surface area contributed by atoms with Gasteiger partial charge in [0.1, 0.15) is 0 Å². The first kappa shape index (κ1) is 18.7. The molecular weight excluding hydrogens is 400 g/mol. The van der Waals surface area contributed by atoms with E-state index in [0.29, 0.717) is 0 Å². The van der Waals surface area contributed by atoms with Crippen molar-refractivity contribution in [3.05, 3.63) is 45.7 Å². The minimum atomic E-state index is -0.189. The molecule has 2 aromatic rings. The number of Topliss-reactive ketones (excluding diaryl/α,β-unsaturated/α-hetero) is 1. The van der Waals surface area contributed by atoms with E-state index in [1.807, 2.05) is 38.1 Å². The molecule has 25 heavy (non-hydrogen) atoms. The Balaban J connectivity index is 1.76. The number of carbonyl (C=O) groups excluding carboxylic acids is 1. The third-order valence-corrected chi connectivity index (χ3v) is 6.23. The molecule has 0 unspecified atom stereocenters. The summed E-state index contributed by atoms with van der Waals surface area (Å²) in [6, 6.07) is 7.52. The summed E-state index contributed by atoms with van der Waals surface area (Å²) in [7, 11) is 0. The molecule has 1 aliphatic rings. The Morgan fingerprint density at radius 2 is 2.12 bits per heavy atom. The van der Waals surface area contributed by atoms with Crippen LogP contribution in [0, 0.1) is 13.8 Å². The van der Waals surface area contributed by atoms with Crippen molar-refractivity contribution in [2.75, 3.05) is 6.61 Å². The number of ether oxygens (including phenoxy) is 1. The van der Waals surface area contributed by atoms with Crippen molar-refractivity contribution in [3.63, 3.8) is 0 Å². The second-order valence-corrected chi connectivity index (χ2v) is 8.67. The molecule has 3 rings (SSSR count). The van der Waals surface area contributed by atoms with Crippen LogP contribution in [0.15, 0.2) is 33.9 Å². The van der Waals surface area contributed by atoms with Gasteiger partial charge in [-0.3, -0.25) is 4.79 Å². The number of benzene rings is 1. The molecular formula is C19H23BrN2O2S. The summed E-state index contributed by atoms with van der Waals surface area (Å²) in [5, 5.41) is 0.717. The zero-order valence-electron chi connectivity index (χ0n) is 14.8. The van der Waals surface area contributed by atoms with E-state index >= 15 is 0 Å². The first-order valence-corrected chi connectivity index (χ1v) is 10.2. The normalized spacial score (nSPS) is 18.5. The standard InChI is InChI=1S/C19H23BrN2O2S/c1-12-13(2)22(11-17-5-4-10-24-17)19(21-12)25-14(3)18(23)15-6-8-16(20)9-7-15/h6-9,14,17H,4-5,10-11H2,1-3H3/t14-,17+/m0/s1. The van der Waals surface area contributed by atoms with Crippen LogP contribution in [0.5, 0.6) is 0 Å². The number of carbonyl (C=O) groups is 1. The summed E-state index contributed by atoms with van der Waals surface area (Å²) in [6.07, 6.45) is 2.47. The number of hydrogen-bond donors (Lipinski definition) is 0. The van der Waals surface area contributed by atoms with Crippen LogP contribution < -0.4 is 0 Å². The molecule has 134 valence electrons. The van der Waals surface area contributed by atoms with Gasteiger partial charge >= 0.3 is 0 Å². The zero-order chi connectivity index (χ0) is 18.0. The highest BCUT2D eigenvalue weighted by molar-refractivity contribution is 9.10. The number of hydrogen-bond acceptors (Lipinski definition) is 4. The topological polar surface area (TPSA) is 44.1 Å². The van der Waals surface area contributed by atoms with E-state index in [2.05, 4.69) is 27.4 Å². The quantitative estimate of drug-likeness (QED) is 0.494. The van der Waals surface area contributed by atoms with Crippen LogP contribution in [0.1, 0.15) is 41.5 Å². The molecule has 1 aromatic carbocycles. The Labute approximate surface area is 161 Å². The smallest absolute Gasteiger partial charge is 0.175 e. The third kappa shape index (κ3) is 4.36. The minimum absolute atomic E-state index is 0.125. The first-order chi connectivity index (χ1) is 12.0. The SMILES string of the molecule is Cc1nc(S[C@@H](C)C(=O)c2ccc(Br)cc2)n(C[C@H]2CCCO2)c1C. The maximum absolute atomic E-state index is 12.7. The van der Waals surface area contributed by atoms with E-state index in [0.717, 1.165) is 52.6 Å². The number of imidazole rings is 1. The average Bonchev–Trinajstić information content (AvgIpc) is 3.19. The van der Waals surface area contributed by atoms with Gasteiger partial charge in [-0.15, -0.1) is 0 Å². The van der Waals surface area contributed by atoms with E-state index in [-0.39, 0.29) is 17.1 Å². The van der Waals surface area contributed by atoms with Gasteiger partial charge in [0.25, 0.3) is 0 Å². The molecule has 0 radical (unpaired) electrons. The number of aromatic nitrogens is 2. The van der Waals surface area contributed by atoms with Gasteiger partial charge in [0.2, 0.25) is 0 Å². The Morgan fingerprint density at radius 1 is 1.40 bits per heavy atom. The average molecular weight is 423 g/mol. The fraction of sp³-hybridized carbons (Fsp3) is 0.474. The van der Waals surface area contributed by atoms with Gasteiger partial charge in [-0.05, 0) is 45.7 Å². The lowest BCUT2D eigenvalue weighted by atomic mass is 10.1. The Kier molecular flexibility index (Phi) is 6.02. The van der Waals surface area contributed by atoms with E-state index < -0.39 is 0 Å². The maximum Gasteiger partial charge on any atom is 0.175 e. The molecule has 2 atom stereocenters. The van der Waals surface area contributed by atoms with Crippen LogP contribution in [-0.2, 0) is 11.3 Å². The minimum Gasteiger partial charge on any atom is -0.376 e. The van der Waals surface area contributed by atoms with Gasteiger partial charge in [0.05, 0.1) is 23.6 Å². The predicted molar refractivity (Wildman–Crippen MR) is 104 cm³/mol. The van der Waals surface area contributed by atoms with E-state index in [1.54, 1.807) is 0 Å². The fourth-order valence-corrected chi connectivity index (χ4v) is 4.33. The predicted octanol–water partition coefficient (Wildman–Crippen LogP) is 4.80. The Bertz CT molecular complexity index is 752. The van der Waals surface area contributed by atoms with Gasteiger partial charge in [-0.2, -0.15) is 0 Å². The number of halogens is 1. The highest BCUT2D eigenvalue weighted by atomic mass is 79.9. The largest absolute Gasteiger partial charge is 0.376 e. The van der Waals surface area contributed by atoms with Crippen molar-refractivity contribution in [3.8, 4) is 0 Å². The summed E-state index contributed by atoms with van der Waals surface area (Å²) in [5.74, 6) is 0.125. The van der Waals surface area contributed by atoms with Gasteiger partial charge in [0.15, 0.2) is 10.9 Å². The molecule has 0 bridgehead atoms. The fourth-order valence-electron chi connectivity index (χ4n) is 2.98. The van der Waals surface area contributed by atoms with E-state index in [1.165, 1.54) is 11.8 Å². The molecule has 4 nitrogen and oxygen atoms in total. The molecule has 6 heteroatoms. The summed E-state index contributed by atoms with van der Waals surface area (Å²) < 4.78 is 8.96. The van der Waals surface area contributed by atoms with Crippen LogP contribution in [0.25, 0.3) is 0 Å². The zero-order valence-corrected chi connectivity index (χ0v) is 17.2. The number of ketones is 1. The molecule has 1 saturated heterocycles. The highest BCUT2D eigenvalue weighted by Gasteiger charge is 2.23. The van der Waals surface area contributed by atoms with Crippen LogP contribution >= 0.6 is 27.7 Å². The monoisotopic (exact) mass is 422 g/mol. The maximum atomic E-state index is 12.7. The second-order valence-electron chi connectivity index (χ2n) is 6.44. The highest BCUT2D eigenvalue weighted by Crippen LogP contribution is 2.29. The molecule has 2 heterocycles. The summed E-state index contributed by atoms with van der Waals surface area (Å²) in [5.41, 5.74) is 2.90. The lowest BCUT2D eigenvalue weighted by Crippen LogP contribution is -2.19. The molecule has 0 amide bonds. The lowest BCUT2D eigenvalue weighted by Gasteiger charge is -2.16. The van der Waals surface area contributed by atoms with Crippen molar-refractivity contribution in [2.24, 2.45) is 0 Å².